The second-order valence-corrected chi connectivity index (χ2v) is 7.19. The standard InChI is InChI=1S/C19H24N2O3/c22-18-7-4-10-20(18)13-19(23)21-11-14-8-9-17(16(14)12-21)24-15-5-2-1-3-6-15/h1-3,5-6,14,16-17H,4,7-13H2/t14-,16+,17-/m0/s1. The zero-order valence-corrected chi connectivity index (χ0v) is 13.9. The molecule has 0 aromatic heterocycles. The number of rotatable bonds is 4. The van der Waals surface area contributed by atoms with Gasteiger partial charge in [-0.3, -0.25) is 9.59 Å². The molecule has 2 heterocycles. The first-order valence-electron chi connectivity index (χ1n) is 8.98. The number of likely N-dealkylation sites (tertiary alicyclic amines) is 2. The van der Waals surface area contributed by atoms with Gasteiger partial charge in [0, 0.05) is 32.0 Å². The summed E-state index contributed by atoms with van der Waals surface area (Å²) in [4.78, 5) is 27.9. The summed E-state index contributed by atoms with van der Waals surface area (Å²) >= 11 is 0. The molecule has 128 valence electrons. The highest BCUT2D eigenvalue weighted by molar-refractivity contribution is 5.86. The zero-order valence-electron chi connectivity index (χ0n) is 13.9. The van der Waals surface area contributed by atoms with Crippen LogP contribution in [0.5, 0.6) is 5.75 Å². The number of fused-ring (bicyclic) bond motifs is 1. The van der Waals surface area contributed by atoms with E-state index in [1.807, 2.05) is 35.2 Å². The third-order valence-corrected chi connectivity index (χ3v) is 5.67. The van der Waals surface area contributed by atoms with Crippen LogP contribution in [-0.2, 0) is 9.59 Å². The predicted octanol–water partition coefficient (Wildman–Crippen LogP) is 1.92. The normalized spacial score (nSPS) is 29.2. The molecule has 3 aliphatic rings. The lowest BCUT2D eigenvalue weighted by molar-refractivity contribution is -0.137. The Labute approximate surface area is 142 Å². The third kappa shape index (κ3) is 2.99. The molecule has 0 radical (unpaired) electrons. The Morgan fingerprint density at radius 3 is 2.75 bits per heavy atom. The van der Waals surface area contributed by atoms with Gasteiger partial charge in [0.2, 0.25) is 11.8 Å². The van der Waals surface area contributed by atoms with Crippen molar-refractivity contribution in [1.29, 1.82) is 0 Å². The fourth-order valence-electron chi connectivity index (χ4n) is 4.37. The minimum Gasteiger partial charge on any atom is -0.490 e. The van der Waals surface area contributed by atoms with E-state index in [0.29, 0.717) is 18.3 Å². The SMILES string of the molecule is O=C1CCCN1CC(=O)N1C[C@@H]2CC[C@H](Oc3ccccc3)[C@@H]2C1. The summed E-state index contributed by atoms with van der Waals surface area (Å²) < 4.78 is 6.17. The van der Waals surface area contributed by atoms with Crippen molar-refractivity contribution in [2.24, 2.45) is 11.8 Å². The van der Waals surface area contributed by atoms with Crippen molar-refractivity contribution in [3.05, 3.63) is 30.3 Å². The number of hydrogen-bond acceptors (Lipinski definition) is 3. The summed E-state index contributed by atoms with van der Waals surface area (Å²) in [7, 11) is 0. The van der Waals surface area contributed by atoms with Crippen LogP contribution in [0, 0.1) is 11.8 Å². The topological polar surface area (TPSA) is 49.9 Å². The number of ether oxygens (including phenoxy) is 1. The lowest BCUT2D eigenvalue weighted by atomic mass is 9.99. The first-order valence-corrected chi connectivity index (χ1v) is 8.98. The fraction of sp³-hybridized carbons (Fsp3) is 0.579. The van der Waals surface area contributed by atoms with E-state index in [1.165, 1.54) is 0 Å². The fourth-order valence-corrected chi connectivity index (χ4v) is 4.37. The maximum Gasteiger partial charge on any atom is 0.242 e. The van der Waals surface area contributed by atoms with Crippen molar-refractivity contribution >= 4 is 11.8 Å². The molecule has 0 unspecified atom stereocenters. The van der Waals surface area contributed by atoms with E-state index in [-0.39, 0.29) is 24.5 Å². The van der Waals surface area contributed by atoms with Crippen LogP contribution in [-0.4, -0.2) is 53.9 Å². The highest BCUT2D eigenvalue weighted by Gasteiger charge is 2.45. The largest absolute Gasteiger partial charge is 0.490 e. The Morgan fingerprint density at radius 1 is 1.17 bits per heavy atom. The number of amides is 2. The average Bonchev–Trinajstić information content (AvgIpc) is 3.27. The van der Waals surface area contributed by atoms with Crippen LogP contribution in [0.2, 0.25) is 0 Å². The average molecular weight is 328 g/mol. The van der Waals surface area contributed by atoms with Gasteiger partial charge in [-0.05, 0) is 37.3 Å². The summed E-state index contributed by atoms with van der Waals surface area (Å²) in [6, 6.07) is 9.94. The van der Waals surface area contributed by atoms with Gasteiger partial charge in [-0.25, -0.2) is 0 Å². The van der Waals surface area contributed by atoms with Gasteiger partial charge in [-0.15, -0.1) is 0 Å². The predicted molar refractivity (Wildman–Crippen MR) is 89.5 cm³/mol. The Hall–Kier alpha value is -2.04. The highest BCUT2D eigenvalue weighted by Crippen LogP contribution is 2.40. The Kier molecular flexibility index (Phi) is 4.17. The molecule has 3 atom stereocenters. The maximum atomic E-state index is 12.5. The van der Waals surface area contributed by atoms with Gasteiger partial charge in [0.15, 0.2) is 0 Å². The van der Waals surface area contributed by atoms with Crippen LogP contribution >= 0.6 is 0 Å². The number of carbonyl (C=O) groups is 2. The summed E-state index contributed by atoms with van der Waals surface area (Å²) in [5, 5.41) is 0. The molecule has 5 heteroatoms. The summed E-state index contributed by atoms with van der Waals surface area (Å²) in [5.74, 6) is 2.09. The molecule has 1 aliphatic carbocycles. The van der Waals surface area contributed by atoms with Gasteiger partial charge in [0.05, 0.1) is 6.54 Å². The molecule has 0 N–H and O–H groups in total. The molecule has 5 nitrogen and oxygen atoms in total. The van der Waals surface area contributed by atoms with Crippen LogP contribution in [0.25, 0.3) is 0 Å². The van der Waals surface area contributed by atoms with E-state index in [0.717, 1.165) is 44.6 Å². The van der Waals surface area contributed by atoms with Gasteiger partial charge in [-0.2, -0.15) is 0 Å². The number of para-hydroxylation sites is 1. The lowest BCUT2D eigenvalue weighted by Crippen LogP contribution is -2.40. The molecular formula is C19H24N2O3. The second-order valence-electron chi connectivity index (χ2n) is 7.19. The van der Waals surface area contributed by atoms with Crippen molar-refractivity contribution in [3.63, 3.8) is 0 Å². The molecule has 3 fully saturated rings. The summed E-state index contributed by atoms with van der Waals surface area (Å²) in [5.41, 5.74) is 0. The summed E-state index contributed by atoms with van der Waals surface area (Å²) in [6.45, 7) is 2.57. The van der Waals surface area contributed by atoms with E-state index in [9.17, 15) is 9.59 Å². The van der Waals surface area contributed by atoms with E-state index in [4.69, 9.17) is 4.74 Å². The summed E-state index contributed by atoms with van der Waals surface area (Å²) in [6.07, 6.45) is 3.85. The monoisotopic (exact) mass is 328 g/mol. The van der Waals surface area contributed by atoms with Crippen molar-refractivity contribution in [2.45, 2.75) is 31.8 Å². The lowest BCUT2D eigenvalue weighted by Gasteiger charge is -2.24. The van der Waals surface area contributed by atoms with E-state index >= 15 is 0 Å². The highest BCUT2D eigenvalue weighted by atomic mass is 16.5. The van der Waals surface area contributed by atoms with Crippen molar-refractivity contribution in [1.82, 2.24) is 9.80 Å². The molecule has 1 aromatic rings. The second kappa shape index (κ2) is 6.46. The zero-order chi connectivity index (χ0) is 16.5. The van der Waals surface area contributed by atoms with Gasteiger partial charge >= 0.3 is 0 Å². The minimum atomic E-state index is 0.0955. The van der Waals surface area contributed by atoms with Gasteiger partial charge in [0.25, 0.3) is 0 Å². The molecule has 0 spiro atoms. The van der Waals surface area contributed by atoms with Crippen LogP contribution in [0.4, 0.5) is 0 Å². The number of carbonyl (C=O) groups excluding carboxylic acids is 2. The van der Waals surface area contributed by atoms with Crippen molar-refractivity contribution < 1.29 is 14.3 Å². The molecule has 2 amide bonds. The van der Waals surface area contributed by atoms with Gasteiger partial charge in [-0.1, -0.05) is 18.2 Å². The first-order chi connectivity index (χ1) is 11.7. The first kappa shape index (κ1) is 15.5. The van der Waals surface area contributed by atoms with Gasteiger partial charge in [0.1, 0.15) is 11.9 Å². The number of hydrogen-bond donors (Lipinski definition) is 0. The van der Waals surface area contributed by atoms with Crippen LogP contribution in [0.3, 0.4) is 0 Å². The van der Waals surface area contributed by atoms with Gasteiger partial charge < -0.3 is 14.5 Å². The Morgan fingerprint density at radius 2 is 2.00 bits per heavy atom. The molecular weight excluding hydrogens is 304 g/mol. The third-order valence-electron chi connectivity index (χ3n) is 5.67. The Bertz CT molecular complexity index is 618. The number of nitrogens with zero attached hydrogens (tertiary/aromatic N) is 2. The number of benzene rings is 1. The van der Waals surface area contributed by atoms with E-state index in [1.54, 1.807) is 4.90 Å². The van der Waals surface area contributed by atoms with Crippen LogP contribution in [0.1, 0.15) is 25.7 Å². The Balaban J connectivity index is 1.35. The van der Waals surface area contributed by atoms with E-state index in [2.05, 4.69) is 0 Å². The van der Waals surface area contributed by atoms with Crippen molar-refractivity contribution in [2.75, 3.05) is 26.2 Å². The molecule has 1 aromatic carbocycles. The smallest absolute Gasteiger partial charge is 0.242 e. The molecule has 4 rings (SSSR count). The molecule has 24 heavy (non-hydrogen) atoms. The molecule has 2 saturated heterocycles. The quantitative estimate of drug-likeness (QED) is 0.848. The van der Waals surface area contributed by atoms with E-state index < -0.39 is 0 Å². The minimum absolute atomic E-state index is 0.0955. The van der Waals surface area contributed by atoms with Crippen LogP contribution in [0.15, 0.2) is 30.3 Å². The molecule has 2 aliphatic heterocycles. The maximum absolute atomic E-state index is 12.5. The van der Waals surface area contributed by atoms with Crippen LogP contribution < -0.4 is 4.74 Å². The van der Waals surface area contributed by atoms with Crippen molar-refractivity contribution in [3.8, 4) is 5.75 Å². The molecule has 0 bridgehead atoms. The molecule has 1 saturated carbocycles.